The predicted molar refractivity (Wildman–Crippen MR) is 65.0 cm³/mol. The molecule has 0 aromatic heterocycles. The predicted octanol–water partition coefficient (Wildman–Crippen LogP) is 3.75. The van der Waals surface area contributed by atoms with Gasteiger partial charge in [0, 0.05) is 0 Å². The van der Waals surface area contributed by atoms with Gasteiger partial charge in [-0.2, -0.15) is 9.78 Å². The second-order valence-electron chi connectivity index (χ2n) is 5.84. The van der Waals surface area contributed by atoms with E-state index in [2.05, 4.69) is 27.7 Å². The van der Waals surface area contributed by atoms with Crippen molar-refractivity contribution in [1.29, 1.82) is 0 Å². The van der Waals surface area contributed by atoms with Crippen LogP contribution in [0.2, 0.25) is 0 Å². The van der Waals surface area contributed by atoms with Crippen LogP contribution >= 0.6 is 0 Å². The van der Waals surface area contributed by atoms with Gasteiger partial charge in [0.1, 0.15) is 11.2 Å². The van der Waals surface area contributed by atoms with Gasteiger partial charge in [-0.05, 0) is 53.4 Å². The molecule has 0 radical (unpaired) electrons. The lowest BCUT2D eigenvalue weighted by Gasteiger charge is -2.30. The van der Waals surface area contributed by atoms with E-state index in [1.54, 1.807) is 13.8 Å². The van der Waals surface area contributed by atoms with Crippen LogP contribution in [0.3, 0.4) is 0 Å². The zero-order valence-electron chi connectivity index (χ0n) is 12.0. The summed E-state index contributed by atoms with van der Waals surface area (Å²) in [6.07, 6.45) is 3.55. The van der Waals surface area contributed by atoms with Crippen LogP contribution in [0.25, 0.3) is 0 Å². The molecule has 0 aromatic rings. The molecule has 0 spiro atoms. The molecule has 1 fully saturated rings. The monoisotopic (exact) mass is 246 g/mol. The van der Waals surface area contributed by atoms with Crippen LogP contribution in [-0.4, -0.2) is 17.0 Å². The summed E-state index contributed by atoms with van der Waals surface area (Å²) in [4.78, 5) is 21.8. The molecule has 2 atom stereocenters. The quantitative estimate of drug-likeness (QED) is 0.695. The first kappa shape index (κ1) is 14.9. The minimum absolute atomic E-state index is 0.287. The fraction of sp³-hybridized carbons (Fsp3) is 1.00. The summed E-state index contributed by atoms with van der Waals surface area (Å²) in [6.45, 7) is 11.9. The van der Waals surface area contributed by atoms with Gasteiger partial charge < -0.3 is 0 Å². The third-order valence-electron chi connectivity index (χ3n) is 3.57. The summed E-state index contributed by atoms with van der Waals surface area (Å²) in [5.74, 6) is -0.892. The van der Waals surface area contributed by atoms with Crippen LogP contribution < -0.4 is 0 Å². The maximum Gasteiger partial charge on any atom is 0.228 e. The van der Waals surface area contributed by atoms with E-state index in [9.17, 15) is 0 Å². The molecule has 0 saturated carbocycles. The molecule has 1 aliphatic heterocycles. The Hall–Kier alpha value is -0.160. The highest BCUT2D eigenvalue weighted by molar-refractivity contribution is 4.80. The molecule has 1 aliphatic rings. The molecular weight excluding hydrogens is 220 g/mol. The van der Waals surface area contributed by atoms with Crippen molar-refractivity contribution in [2.75, 3.05) is 0 Å². The molecular formula is C13H26O4. The minimum Gasteiger partial charge on any atom is -0.227 e. The summed E-state index contributed by atoms with van der Waals surface area (Å²) in [5, 5.41) is 0. The molecule has 0 aromatic carbocycles. The first-order valence-electron chi connectivity index (χ1n) is 6.48. The summed E-state index contributed by atoms with van der Waals surface area (Å²) < 4.78 is 0. The van der Waals surface area contributed by atoms with Gasteiger partial charge in [0.2, 0.25) is 5.79 Å². The van der Waals surface area contributed by atoms with Gasteiger partial charge in [0.15, 0.2) is 0 Å². The lowest BCUT2D eigenvalue weighted by atomic mass is 9.88. The fourth-order valence-corrected chi connectivity index (χ4v) is 1.50. The summed E-state index contributed by atoms with van der Waals surface area (Å²) >= 11 is 0. The molecule has 0 N–H and O–H groups in total. The molecule has 102 valence electrons. The van der Waals surface area contributed by atoms with E-state index < -0.39 is 5.79 Å². The van der Waals surface area contributed by atoms with Gasteiger partial charge in [0.05, 0.1) is 0 Å². The van der Waals surface area contributed by atoms with Gasteiger partial charge in [0.25, 0.3) is 0 Å². The van der Waals surface area contributed by atoms with E-state index >= 15 is 0 Å². The Bertz CT molecular complexity index is 230. The maximum atomic E-state index is 5.55. The van der Waals surface area contributed by atoms with Crippen LogP contribution in [0.5, 0.6) is 0 Å². The van der Waals surface area contributed by atoms with Crippen molar-refractivity contribution < 1.29 is 19.6 Å². The van der Waals surface area contributed by atoms with Gasteiger partial charge in [-0.3, -0.25) is 0 Å². The van der Waals surface area contributed by atoms with Crippen molar-refractivity contribution in [2.45, 2.75) is 84.2 Å². The van der Waals surface area contributed by atoms with Crippen LogP contribution in [-0.2, 0) is 19.6 Å². The highest BCUT2D eigenvalue weighted by Crippen LogP contribution is 2.34. The first-order valence-corrected chi connectivity index (χ1v) is 6.48. The summed E-state index contributed by atoms with van der Waals surface area (Å²) in [6, 6.07) is 0. The standard InChI is InChI=1S/C13H26O4/c1-7-12(5)9-10-13(6,8-2)17-15-11(3,4)14-16-12/h7-10H2,1-6H3. The fourth-order valence-electron chi connectivity index (χ4n) is 1.50. The second kappa shape index (κ2) is 5.22. The Morgan fingerprint density at radius 3 is 1.35 bits per heavy atom. The smallest absolute Gasteiger partial charge is 0.227 e. The third kappa shape index (κ3) is 4.21. The molecule has 0 aliphatic carbocycles. The number of hydrogen-bond donors (Lipinski definition) is 0. The molecule has 17 heavy (non-hydrogen) atoms. The highest BCUT2D eigenvalue weighted by Gasteiger charge is 2.38. The van der Waals surface area contributed by atoms with E-state index in [-0.39, 0.29) is 11.2 Å². The van der Waals surface area contributed by atoms with Crippen molar-refractivity contribution in [3.63, 3.8) is 0 Å². The Morgan fingerprint density at radius 1 is 0.706 bits per heavy atom. The van der Waals surface area contributed by atoms with Gasteiger partial charge in [-0.1, -0.05) is 13.8 Å². The van der Waals surface area contributed by atoms with E-state index in [4.69, 9.17) is 19.6 Å². The van der Waals surface area contributed by atoms with Gasteiger partial charge >= 0.3 is 0 Å². The third-order valence-corrected chi connectivity index (χ3v) is 3.57. The normalized spacial score (nSPS) is 39.2. The molecule has 0 bridgehead atoms. The first-order chi connectivity index (χ1) is 7.74. The second-order valence-corrected chi connectivity index (χ2v) is 5.84. The molecule has 1 saturated heterocycles. The number of hydrogen-bond acceptors (Lipinski definition) is 4. The topological polar surface area (TPSA) is 36.9 Å². The summed E-state index contributed by atoms with van der Waals surface area (Å²) in [7, 11) is 0. The van der Waals surface area contributed by atoms with Gasteiger partial charge in [-0.15, -0.1) is 0 Å². The highest BCUT2D eigenvalue weighted by atomic mass is 17.3. The zero-order chi connectivity index (χ0) is 13.2. The summed E-state index contributed by atoms with van der Waals surface area (Å²) in [5.41, 5.74) is -0.574. The van der Waals surface area contributed by atoms with Gasteiger partial charge in [-0.25, -0.2) is 9.78 Å². The van der Waals surface area contributed by atoms with E-state index in [1.165, 1.54) is 0 Å². The molecule has 0 amide bonds. The van der Waals surface area contributed by atoms with Crippen molar-refractivity contribution >= 4 is 0 Å². The molecule has 2 unspecified atom stereocenters. The Kier molecular flexibility index (Phi) is 4.58. The van der Waals surface area contributed by atoms with E-state index in [0.29, 0.717) is 0 Å². The molecule has 1 rings (SSSR count). The van der Waals surface area contributed by atoms with Crippen molar-refractivity contribution in [3.8, 4) is 0 Å². The minimum atomic E-state index is -0.892. The van der Waals surface area contributed by atoms with Crippen LogP contribution in [0.1, 0.15) is 67.2 Å². The van der Waals surface area contributed by atoms with E-state index in [1.807, 2.05) is 0 Å². The van der Waals surface area contributed by atoms with Crippen LogP contribution in [0, 0.1) is 0 Å². The largest absolute Gasteiger partial charge is 0.228 e. The van der Waals surface area contributed by atoms with Crippen molar-refractivity contribution in [3.05, 3.63) is 0 Å². The SMILES string of the molecule is CCC1(C)CCC(C)(CC)OOC(C)(C)OO1. The lowest BCUT2D eigenvalue weighted by Crippen LogP contribution is -2.35. The van der Waals surface area contributed by atoms with Crippen molar-refractivity contribution in [1.82, 2.24) is 0 Å². The van der Waals surface area contributed by atoms with Crippen LogP contribution in [0.4, 0.5) is 0 Å². The Morgan fingerprint density at radius 2 is 1.06 bits per heavy atom. The average Bonchev–Trinajstić information content (AvgIpc) is 2.35. The maximum absolute atomic E-state index is 5.55. The lowest BCUT2D eigenvalue weighted by molar-refractivity contribution is -0.529. The molecule has 1 heterocycles. The van der Waals surface area contributed by atoms with Crippen molar-refractivity contribution in [2.24, 2.45) is 0 Å². The molecule has 4 heteroatoms. The van der Waals surface area contributed by atoms with E-state index in [0.717, 1.165) is 25.7 Å². The zero-order valence-corrected chi connectivity index (χ0v) is 12.0. The molecule has 4 nitrogen and oxygen atoms in total. The Balaban J connectivity index is 2.83. The van der Waals surface area contributed by atoms with Crippen LogP contribution in [0.15, 0.2) is 0 Å². The Labute approximate surface area is 104 Å². The average molecular weight is 246 g/mol. The number of rotatable bonds is 2.